The fraction of sp³-hybridized carbons (Fsp3) is 0.375. The zero-order valence-electron chi connectivity index (χ0n) is 12.2. The number of rotatable bonds is 7. The van der Waals surface area contributed by atoms with Crippen LogP contribution in [0.25, 0.3) is 0 Å². The summed E-state index contributed by atoms with van der Waals surface area (Å²) in [6.45, 7) is 3.03. The van der Waals surface area contributed by atoms with E-state index in [9.17, 15) is 4.39 Å². The van der Waals surface area contributed by atoms with E-state index < -0.39 is 0 Å². The lowest BCUT2D eigenvalue weighted by Gasteiger charge is -2.18. The number of nitrogens with one attached hydrogen (secondary N) is 1. The van der Waals surface area contributed by atoms with Crippen molar-refractivity contribution in [1.29, 1.82) is 0 Å². The maximum Gasteiger partial charge on any atom is 0.168 e. The first kappa shape index (κ1) is 16.5. The van der Waals surface area contributed by atoms with Crippen molar-refractivity contribution in [3.63, 3.8) is 0 Å². The molecule has 2 rings (SSSR count). The third-order valence-corrected chi connectivity index (χ3v) is 5.07. The molecule has 0 aliphatic rings. The van der Waals surface area contributed by atoms with E-state index in [0.29, 0.717) is 17.7 Å². The number of hydrogen-bond acceptors (Lipinski definition) is 3. The summed E-state index contributed by atoms with van der Waals surface area (Å²) in [6.07, 6.45) is 1.65. The fourth-order valence-corrected chi connectivity index (χ4v) is 3.72. The highest BCUT2D eigenvalue weighted by Gasteiger charge is 2.17. The average Bonchev–Trinajstić information content (AvgIpc) is 2.91. The zero-order chi connectivity index (χ0) is 15.2. The van der Waals surface area contributed by atoms with Gasteiger partial charge in [-0.25, -0.2) is 4.39 Å². The van der Waals surface area contributed by atoms with Gasteiger partial charge in [-0.1, -0.05) is 19.1 Å². The minimum Gasteiger partial charge on any atom is -0.494 e. The molecule has 0 bridgehead atoms. The number of thiophene rings is 1. The van der Waals surface area contributed by atoms with Gasteiger partial charge in [0.1, 0.15) is 0 Å². The van der Waals surface area contributed by atoms with E-state index in [1.807, 2.05) is 12.1 Å². The Morgan fingerprint density at radius 3 is 2.86 bits per heavy atom. The monoisotopic (exact) mass is 371 g/mol. The predicted molar refractivity (Wildman–Crippen MR) is 89.7 cm³/mol. The fourth-order valence-electron chi connectivity index (χ4n) is 2.19. The first-order valence-electron chi connectivity index (χ1n) is 6.94. The lowest BCUT2D eigenvalue weighted by molar-refractivity contribution is 0.382. The molecule has 2 nitrogen and oxygen atoms in total. The summed E-state index contributed by atoms with van der Waals surface area (Å²) in [4.78, 5) is 1.21. The Morgan fingerprint density at radius 1 is 1.43 bits per heavy atom. The minimum absolute atomic E-state index is 0.114. The minimum atomic E-state index is -0.265. The molecule has 1 atom stereocenters. The zero-order valence-corrected chi connectivity index (χ0v) is 14.6. The molecule has 2 aromatic rings. The molecule has 21 heavy (non-hydrogen) atoms. The molecular formula is C16H19BrFNOS. The molecule has 0 radical (unpaired) electrons. The second kappa shape index (κ2) is 7.92. The Morgan fingerprint density at radius 2 is 2.24 bits per heavy atom. The van der Waals surface area contributed by atoms with Gasteiger partial charge >= 0.3 is 0 Å². The Balaban J connectivity index is 2.22. The molecule has 1 N–H and O–H groups in total. The third kappa shape index (κ3) is 4.28. The molecule has 0 spiro atoms. The quantitative estimate of drug-likeness (QED) is 0.743. The van der Waals surface area contributed by atoms with E-state index in [1.54, 1.807) is 17.4 Å². The number of ether oxygens (including phenoxy) is 1. The van der Waals surface area contributed by atoms with Gasteiger partial charge in [0, 0.05) is 20.8 Å². The van der Waals surface area contributed by atoms with E-state index in [-0.39, 0.29) is 11.9 Å². The van der Waals surface area contributed by atoms with Crippen LogP contribution in [0.3, 0.4) is 0 Å². The molecule has 0 aliphatic heterocycles. The van der Waals surface area contributed by atoms with Crippen LogP contribution in [0.2, 0.25) is 0 Å². The number of halogens is 2. The van der Waals surface area contributed by atoms with Gasteiger partial charge < -0.3 is 10.1 Å². The van der Waals surface area contributed by atoms with E-state index in [4.69, 9.17) is 4.74 Å². The molecular weight excluding hydrogens is 353 g/mol. The van der Waals surface area contributed by atoms with E-state index >= 15 is 0 Å². The second-order valence-corrected chi connectivity index (χ2v) is 6.67. The van der Waals surface area contributed by atoms with Crippen molar-refractivity contribution < 1.29 is 9.13 Å². The predicted octanol–water partition coefficient (Wildman–Crippen LogP) is 4.94. The first-order valence-corrected chi connectivity index (χ1v) is 8.61. The summed E-state index contributed by atoms with van der Waals surface area (Å²) in [6, 6.07) is 7.51. The Bertz CT molecular complexity index is 587. The Hall–Kier alpha value is -0.910. The van der Waals surface area contributed by atoms with Gasteiger partial charge in [0.15, 0.2) is 11.6 Å². The van der Waals surface area contributed by atoms with Crippen LogP contribution in [0.5, 0.6) is 5.75 Å². The van der Waals surface area contributed by atoms with Gasteiger partial charge in [0.05, 0.1) is 7.11 Å². The maximum atomic E-state index is 14.3. The van der Waals surface area contributed by atoms with E-state index in [1.165, 1.54) is 12.0 Å². The van der Waals surface area contributed by atoms with E-state index in [2.05, 4.69) is 39.6 Å². The molecule has 0 saturated heterocycles. The van der Waals surface area contributed by atoms with Crippen LogP contribution in [0.1, 0.15) is 29.8 Å². The topological polar surface area (TPSA) is 21.3 Å². The van der Waals surface area contributed by atoms with Crippen molar-refractivity contribution >= 4 is 27.3 Å². The second-order valence-electron chi connectivity index (χ2n) is 4.81. The van der Waals surface area contributed by atoms with Crippen molar-refractivity contribution in [2.45, 2.75) is 25.8 Å². The average molecular weight is 372 g/mol. The molecule has 1 unspecified atom stereocenters. The highest BCUT2D eigenvalue weighted by Crippen LogP contribution is 2.30. The normalized spacial score (nSPS) is 12.4. The molecule has 1 aromatic heterocycles. The van der Waals surface area contributed by atoms with Gasteiger partial charge in [0.25, 0.3) is 0 Å². The number of hydrogen-bond donors (Lipinski definition) is 1. The van der Waals surface area contributed by atoms with E-state index in [0.717, 1.165) is 17.4 Å². The van der Waals surface area contributed by atoms with Gasteiger partial charge in [-0.05, 0) is 53.0 Å². The van der Waals surface area contributed by atoms with Crippen molar-refractivity contribution in [3.8, 4) is 5.75 Å². The summed E-state index contributed by atoms with van der Waals surface area (Å²) in [5.74, 6) is 0.0352. The van der Waals surface area contributed by atoms with Gasteiger partial charge in [-0.3, -0.25) is 0 Å². The van der Waals surface area contributed by atoms with Crippen molar-refractivity contribution in [2.24, 2.45) is 0 Å². The first-order chi connectivity index (χ1) is 10.2. The SMILES string of the molecule is CCCNC(Cc1cccc(OC)c1F)c1cc(Br)cs1. The van der Waals surface area contributed by atoms with Gasteiger partial charge in [0.2, 0.25) is 0 Å². The number of methoxy groups -OCH3 is 1. The summed E-state index contributed by atoms with van der Waals surface area (Å²) in [5.41, 5.74) is 0.674. The highest BCUT2D eigenvalue weighted by atomic mass is 79.9. The molecule has 0 amide bonds. The van der Waals surface area contributed by atoms with Crippen molar-refractivity contribution in [3.05, 3.63) is 50.4 Å². The third-order valence-electron chi connectivity index (χ3n) is 3.26. The van der Waals surface area contributed by atoms with Gasteiger partial charge in [-0.2, -0.15) is 0 Å². The molecule has 0 aliphatic carbocycles. The van der Waals surface area contributed by atoms with Crippen LogP contribution >= 0.6 is 27.3 Å². The maximum absolute atomic E-state index is 14.3. The summed E-state index contributed by atoms with van der Waals surface area (Å²) in [5, 5.41) is 5.55. The smallest absolute Gasteiger partial charge is 0.168 e. The van der Waals surface area contributed by atoms with Crippen LogP contribution in [0, 0.1) is 5.82 Å². The Labute approximate surface area is 137 Å². The highest BCUT2D eigenvalue weighted by molar-refractivity contribution is 9.10. The summed E-state index contributed by atoms with van der Waals surface area (Å²) < 4.78 is 20.4. The molecule has 1 aromatic carbocycles. The van der Waals surface area contributed by atoms with Crippen LogP contribution in [0.4, 0.5) is 4.39 Å². The summed E-state index contributed by atoms with van der Waals surface area (Å²) in [7, 11) is 1.49. The summed E-state index contributed by atoms with van der Waals surface area (Å²) >= 11 is 5.16. The van der Waals surface area contributed by atoms with Crippen LogP contribution in [0.15, 0.2) is 34.1 Å². The molecule has 0 saturated carbocycles. The van der Waals surface area contributed by atoms with Gasteiger partial charge in [-0.15, -0.1) is 11.3 Å². The molecule has 0 fully saturated rings. The Kier molecular flexibility index (Phi) is 6.21. The standard InChI is InChI=1S/C16H19BrFNOS/c1-3-7-19-13(15-9-12(17)10-21-15)8-11-5-4-6-14(20-2)16(11)18/h4-6,9-10,13,19H,3,7-8H2,1-2H3. The van der Waals surface area contributed by atoms with Crippen molar-refractivity contribution in [1.82, 2.24) is 5.32 Å². The lowest BCUT2D eigenvalue weighted by atomic mass is 10.0. The largest absolute Gasteiger partial charge is 0.494 e. The lowest BCUT2D eigenvalue weighted by Crippen LogP contribution is -2.23. The van der Waals surface area contributed by atoms with Crippen LogP contribution < -0.4 is 10.1 Å². The molecule has 114 valence electrons. The molecule has 1 heterocycles. The molecule has 5 heteroatoms. The number of benzene rings is 1. The van der Waals surface area contributed by atoms with Crippen LogP contribution in [-0.4, -0.2) is 13.7 Å². The van der Waals surface area contributed by atoms with Crippen LogP contribution in [-0.2, 0) is 6.42 Å². The van der Waals surface area contributed by atoms with Crippen molar-refractivity contribution in [2.75, 3.05) is 13.7 Å².